The molecule has 2 aliphatic rings. The van der Waals surface area contributed by atoms with Crippen LogP contribution in [0.15, 0.2) is 101 Å². The molecule has 0 saturated heterocycles. The quantitative estimate of drug-likeness (QED) is 0.262. The highest BCUT2D eigenvalue weighted by atomic mass is 32.2. The molecule has 2 nitrogen and oxygen atoms in total. The number of hydrogen-bond donors (Lipinski definition) is 0. The molecule has 8 rings (SSSR count). The van der Waals surface area contributed by atoms with Crippen LogP contribution in [0.4, 0.5) is 0 Å². The molecule has 0 radical (unpaired) electrons. The molecule has 0 atom stereocenters. The zero-order valence-electron chi connectivity index (χ0n) is 18.7. The van der Waals surface area contributed by atoms with Gasteiger partial charge in [-0.05, 0) is 56.8 Å². The summed E-state index contributed by atoms with van der Waals surface area (Å²) in [5.74, 6) is 1.12. The van der Waals surface area contributed by atoms with Gasteiger partial charge in [0.15, 0.2) is 0 Å². The van der Waals surface area contributed by atoms with Crippen molar-refractivity contribution in [2.45, 2.75) is 23.1 Å². The molecule has 3 heteroatoms. The minimum absolute atomic E-state index is 0.895. The summed E-state index contributed by atoms with van der Waals surface area (Å²) in [5.41, 5.74) is 11.5. The monoisotopic (exact) mass is 452 g/mol. The topological polar surface area (TPSA) is 17.8 Å². The van der Waals surface area contributed by atoms with Crippen molar-refractivity contribution in [1.82, 2.24) is 9.55 Å². The molecule has 0 amide bonds. The Morgan fingerprint density at radius 2 is 1.32 bits per heavy atom. The van der Waals surface area contributed by atoms with Crippen LogP contribution in [0.1, 0.15) is 12.7 Å². The summed E-state index contributed by atoms with van der Waals surface area (Å²) in [5, 5.41) is 2.69. The number of aromatic nitrogens is 2. The predicted molar refractivity (Wildman–Crippen MR) is 142 cm³/mol. The Morgan fingerprint density at radius 3 is 2.18 bits per heavy atom. The number of nitrogens with zero attached hydrogens (tertiary/aromatic N) is 2. The van der Waals surface area contributed by atoms with Gasteiger partial charge in [-0.15, -0.1) is 0 Å². The highest BCUT2D eigenvalue weighted by Gasteiger charge is 2.27. The lowest BCUT2D eigenvalue weighted by atomic mass is 9.93. The highest BCUT2D eigenvalue weighted by molar-refractivity contribution is 7.99. The van der Waals surface area contributed by atoms with Gasteiger partial charge < -0.3 is 0 Å². The van der Waals surface area contributed by atoms with Crippen molar-refractivity contribution in [1.29, 1.82) is 0 Å². The van der Waals surface area contributed by atoms with Crippen molar-refractivity contribution in [3.8, 4) is 39.1 Å². The van der Waals surface area contributed by atoms with E-state index in [0.29, 0.717) is 0 Å². The van der Waals surface area contributed by atoms with E-state index in [1.807, 2.05) is 11.8 Å². The predicted octanol–water partition coefficient (Wildman–Crippen LogP) is 8.52. The summed E-state index contributed by atoms with van der Waals surface area (Å²) in [7, 11) is 0. The van der Waals surface area contributed by atoms with Crippen LogP contribution in [-0.2, 0) is 6.42 Å². The maximum absolute atomic E-state index is 5.01. The molecule has 0 N–H and O–H groups in total. The van der Waals surface area contributed by atoms with E-state index >= 15 is 0 Å². The van der Waals surface area contributed by atoms with E-state index in [0.717, 1.165) is 17.8 Å². The molecular formula is C31H20N2S. The fourth-order valence-electron chi connectivity index (χ4n) is 5.92. The highest BCUT2D eigenvalue weighted by Crippen LogP contribution is 2.52. The zero-order chi connectivity index (χ0) is 22.4. The van der Waals surface area contributed by atoms with Crippen molar-refractivity contribution < 1.29 is 0 Å². The van der Waals surface area contributed by atoms with E-state index in [2.05, 4.69) is 102 Å². The first-order chi connectivity index (χ1) is 16.8. The van der Waals surface area contributed by atoms with E-state index in [1.54, 1.807) is 0 Å². The third kappa shape index (κ3) is 2.25. The van der Waals surface area contributed by atoms with Gasteiger partial charge in [-0.3, -0.25) is 4.57 Å². The third-order valence-electron chi connectivity index (χ3n) is 7.31. The van der Waals surface area contributed by atoms with Gasteiger partial charge in [-0.25, -0.2) is 4.98 Å². The Bertz CT molecular complexity index is 1800. The minimum atomic E-state index is 0.895. The van der Waals surface area contributed by atoms with Crippen LogP contribution >= 0.6 is 11.8 Å². The standard InChI is InChI=1S/C31H20N2S/c1-2-28-32-25-13-7-15-27-31(25)33(28)30-24(12-6-14-26(30)34-27)20-16-17-23-19-9-4-3-8-18(19)21-10-5-11-22(20)29(21)23/h3-17H,2H2,1H3. The summed E-state index contributed by atoms with van der Waals surface area (Å²) in [6, 6.07) is 33.4. The number of aryl methyl sites for hydroxylation is 1. The molecule has 0 spiro atoms. The summed E-state index contributed by atoms with van der Waals surface area (Å²) < 4.78 is 2.42. The van der Waals surface area contributed by atoms with Crippen LogP contribution in [0.3, 0.4) is 0 Å². The van der Waals surface area contributed by atoms with E-state index in [-0.39, 0.29) is 0 Å². The Morgan fingerprint density at radius 1 is 0.647 bits per heavy atom. The van der Waals surface area contributed by atoms with Crippen molar-refractivity contribution in [3.63, 3.8) is 0 Å². The van der Waals surface area contributed by atoms with Gasteiger partial charge in [0.05, 0.1) is 16.7 Å². The Kier molecular flexibility index (Phi) is 3.62. The fourth-order valence-corrected chi connectivity index (χ4v) is 7.04. The van der Waals surface area contributed by atoms with E-state index in [1.165, 1.54) is 65.1 Å². The molecule has 5 aromatic carbocycles. The molecular weight excluding hydrogens is 432 g/mol. The molecule has 6 aromatic rings. The van der Waals surface area contributed by atoms with Gasteiger partial charge in [0.25, 0.3) is 0 Å². The molecule has 1 aliphatic carbocycles. The molecule has 0 bridgehead atoms. The molecule has 160 valence electrons. The summed E-state index contributed by atoms with van der Waals surface area (Å²) >= 11 is 1.86. The van der Waals surface area contributed by atoms with E-state index in [9.17, 15) is 0 Å². The van der Waals surface area contributed by atoms with Crippen molar-refractivity contribution in [3.05, 3.63) is 96.8 Å². The SMILES string of the molecule is CCc1nc2cccc3c2n1-c1c(cccc1-c1ccc2c4c(cccc14)-c1ccccc1-2)S3. The third-order valence-corrected chi connectivity index (χ3v) is 8.40. The second-order valence-corrected chi connectivity index (χ2v) is 10.1. The Labute approximate surface area is 201 Å². The second-order valence-electron chi connectivity index (χ2n) is 9.03. The van der Waals surface area contributed by atoms with Gasteiger partial charge in [-0.1, -0.05) is 91.5 Å². The van der Waals surface area contributed by atoms with Crippen LogP contribution < -0.4 is 0 Å². The van der Waals surface area contributed by atoms with Gasteiger partial charge in [0.1, 0.15) is 5.82 Å². The van der Waals surface area contributed by atoms with Crippen molar-refractivity contribution in [2.24, 2.45) is 0 Å². The fraction of sp³-hybridized carbons (Fsp3) is 0.0645. The molecule has 34 heavy (non-hydrogen) atoms. The lowest BCUT2D eigenvalue weighted by Crippen LogP contribution is -2.07. The van der Waals surface area contributed by atoms with Gasteiger partial charge in [-0.2, -0.15) is 0 Å². The zero-order valence-corrected chi connectivity index (χ0v) is 19.5. The van der Waals surface area contributed by atoms with Crippen molar-refractivity contribution in [2.75, 3.05) is 0 Å². The molecule has 0 fully saturated rings. The van der Waals surface area contributed by atoms with Crippen LogP contribution in [0, 0.1) is 0 Å². The first kappa shape index (κ1) is 18.6. The largest absolute Gasteiger partial charge is 0.293 e. The van der Waals surface area contributed by atoms with E-state index in [4.69, 9.17) is 4.98 Å². The Hall–Kier alpha value is -3.82. The van der Waals surface area contributed by atoms with Crippen LogP contribution in [0.5, 0.6) is 0 Å². The number of fused-ring (bicyclic) bond motifs is 5. The molecule has 2 heterocycles. The average molecular weight is 453 g/mol. The first-order valence-electron chi connectivity index (χ1n) is 11.8. The average Bonchev–Trinajstić information content (AvgIpc) is 3.43. The molecule has 0 unspecified atom stereocenters. The summed E-state index contributed by atoms with van der Waals surface area (Å²) in [6.45, 7) is 2.20. The van der Waals surface area contributed by atoms with Crippen LogP contribution in [0.25, 0.3) is 60.9 Å². The van der Waals surface area contributed by atoms with Crippen LogP contribution in [-0.4, -0.2) is 9.55 Å². The Balaban J connectivity index is 1.48. The second kappa shape index (κ2) is 6.62. The maximum Gasteiger partial charge on any atom is 0.114 e. The van der Waals surface area contributed by atoms with Crippen LogP contribution in [0.2, 0.25) is 0 Å². The molecule has 0 saturated carbocycles. The lowest BCUT2D eigenvalue weighted by molar-refractivity contribution is 0.889. The molecule has 1 aliphatic heterocycles. The summed E-state index contributed by atoms with van der Waals surface area (Å²) in [6.07, 6.45) is 0.895. The number of rotatable bonds is 2. The lowest BCUT2D eigenvalue weighted by Gasteiger charge is -2.24. The number of para-hydroxylation sites is 2. The smallest absolute Gasteiger partial charge is 0.114 e. The number of benzene rings is 5. The summed E-state index contributed by atoms with van der Waals surface area (Å²) in [4.78, 5) is 7.59. The van der Waals surface area contributed by atoms with Crippen molar-refractivity contribution >= 4 is 33.6 Å². The maximum atomic E-state index is 5.01. The minimum Gasteiger partial charge on any atom is -0.293 e. The number of hydrogen-bond acceptors (Lipinski definition) is 2. The van der Waals surface area contributed by atoms with Gasteiger partial charge >= 0.3 is 0 Å². The molecule has 1 aromatic heterocycles. The van der Waals surface area contributed by atoms with E-state index < -0.39 is 0 Å². The van der Waals surface area contributed by atoms with Gasteiger partial charge in [0, 0.05) is 21.8 Å². The van der Waals surface area contributed by atoms with Gasteiger partial charge in [0.2, 0.25) is 0 Å². The normalized spacial score (nSPS) is 12.9. The number of imidazole rings is 1. The first-order valence-corrected chi connectivity index (χ1v) is 12.6.